The van der Waals surface area contributed by atoms with Crippen LogP contribution >= 0.6 is 0 Å². The van der Waals surface area contributed by atoms with E-state index in [-0.39, 0.29) is 25.0 Å². The summed E-state index contributed by atoms with van der Waals surface area (Å²) in [5, 5.41) is 2.73. The van der Waals surface area contributed by atoms with Crippen LogP contribution in [0.2, 0.25) is 0 Å². The predicted molar refractivity (Wildman–Crippen MR) is 101 cm³/mol. The number of benzene rings is 2. The van der Waals surface area contributed by atoms with Gasteiger partial charge in [-0.3, -0.25) is 9.59 Å². The minimum Gasteiger partial charge on any atom is -0.484 e. The Kier molecular flexibility index (Phi) is 6.93. The molecule has 2 amide bonds. The van der Waals surface area contributed by atoms with Gasteiger partial charge in [-0.2, -0.15) is 0 Å². The summed E-state index contributed by atoms with van der Waals surface area (Å²) in [7, 11) is 2.83. The molecule has 0 bridgehead atoms. The van der Waals surface area contributed by atoms with Gasteiger partial charge in [-0.1, -0.05) is 17.7 Å². The maximum atomic E-state index is 12.1. The van der Waals surface area contributed by atoms with Crippen LogP contribution < -0.4 is 10.1 Å². The summed E-state index contributed by atoms with van der Waals surface area (Å²) in [6.45, 7) is 1.66. The Morgan fingerprint density at radius 3 is 2.22 bits per heavy atom. The SMILES string of the molecule is COC(=O)c1ccc(OCC(=O)N(C)CC(=O)Nc2ccc(C)cc2)cc1. The number of amides is 2. The van der Waals surface area contributed by atoms with Gasteiger partial charge in [-0.25, -0.2) is 4.79 Å². The van der Waals surface area contributed by atoms with Gasteiger partial charge in [-0.15, -0.1) is 0 Å². The first kappa shape index (κ1) is 20.0. The number of rotatable bonds is 7. The van der Waals surface area contributed by atoms with E-state index in [4.69, 9.17) is 4.74 Å². The maximum Gasteiger partial charge on any atom is 0.337 e. The molecule has 7 nitrogen and oxygen atoms in total. The van der Waals surface area contributed by atoms with Crippen molar-refractivity contribution in [3.63, 3.8) is 0 Å². The van der Waals surface area contributed by atoms with E-state index >= 15 is 0 Å². The van der Waals surface area contributed by atoms with Crippen molar-refractivity contribution in [2.24, 2.45) is 0 Å². The molecule has 0 aliphatic heterocycles. The zero-order valence-electron chi connectivity index (χ0n) is 15.5. The number of hydrogen-bond donors (Lipinski definition) is 1. The number of carbonyl (C=O) groups is 3. The smallest absolute Gasteiger partial charge is 0.337 e. The molecule has 1 N–H and O–H groups in total. The molecular weight excluding hydrogens is 348 g/mol. The minimum absolute atomic E-state index is 0.0860. The fraction of sp³-hybridized carbons (Fsp3) is 0.250. The van der Waals surface area contributed by atoms with Crippen molar-refractivity contribution < 1.29 is 23.9 Å². The van der Waals surface area contributed by atoms with Gasteiger partial charge in [0.15, 0.2) is 6.61 Å². The van der Waals surface area contributed by atoms with Crippen LogP contribution in [0, 0.1) is 6.92 Å². The van der Waals surface area contributed by atoms with Gasteiger partial charge in [0.05, 0.1) is 19.2 Å². The first-order valence-corrected chi connectivity index (χ1v) is 8.30. The van der Waals surface area contributed by atoms with Crippen molar-refractivity contribution in [2.75, 3.05) is 32.6 Å². The molecule has 2 rings (SSSR count). The molecule has 0 aromatic heterocycles. The number of aryl methyl sites for hydroxylation is 1. The van der Waals surface area contributed by atoms with Gasteiger partial charge in [0.2, 0.25) is 5.91 Å². The lowest BCUT2D eigenvalue weighted by Gasteiger charge is -2.17. The van der Waals surface area contributed by atoms with Gasteiger partial charge in [0.25, 0.3) is 5.91 Å². The third-order valence-corrected chi connectivity index (χ3v) is 3.78. The summed E-state index contributed by atoms with van der Waals surface area (Å²) in [6, 6.07) is 13.6. The Hall–Kier alpha value is -3.35. The Morgan fingerprint density at radius 2 is 1.63 bits per heavy atom. The van der Waals surface area contributed by atoms with Crippen molar-refractivity contribution in [1.29, 1.82) is 0 Å². The highest BCUT2D eigenvalue weighted by atomic mass is 16.5. The quantitative estimate of drug-likeness (QED) is 0.756. The highest BCUT2D eigenvalue weighted by molar-refractivity contribution is 5.94. The lowest BCUT2D eigenvalue weighted by atomic mass is 10.2. The maximum absolute atomic E-state index is 12.1. The zero-order chi connectivity index (χ0) is 19.8. The number of esters is 1. The monoisotopic (exact) mass is 370 g/mol. The first-order chi connectivity index (χ1) is 12.9. The summed E-state index contributed by atoms with van der Waals surface area (Å²) >= 11 is 0. The van der Waals surface area contributed by atoms with Gasteiger partial charge in [0.1, 0.15) is 5.75 Å². The highest BCUT2D eigenvalue weighted by Crippen LogP contribution is 2.13. The number of anilines is 1. The van der Waals surface area contributed by atoms with Gasteiger partial charge >= 0.3 is 5.97 Å². The molecule has 7 heteroatoms. The van der Waals surface area contributed by atoms with E-state index in [9.17, 15) is 14.4 Å². The Labute approximate surface area is 157 Å². The van der Waals surface area contributed by atoms with Crippen LogP contribution in [0.4, 0.5) is 5.69 Å². The summed E-state index contributed by atoms with van der Waals surface area (Å²) in [4.78, 5) is 36.8. The van der Waals surface area contributed by atoms with E-state index in [1.807, 2.05) is 19.1 Å². The normalized spacial score (nSPS) is 10.0. The lowest BCUT2D eigenvalue weighted by Crippen LogP contribution is -2.37. The molecule has 27 heavy (non-hydrogen) atoms. The molecule has 0 atom stereocenters. The van der Waals surface area contributed by atoms with Crippen LogP contribution in [0.15, 0.2) is 48.5 Å². The molecule has 0 saturated carbocycles. The Bertz CT molecular complexity index is 800. The fourth-order valence-corrected chi connectivity index (χ4v) is 2.20. The molecule has 0 heterocycles. The molecule has 0 radical (unpaired) electrons. The molecule has 142 valence electrons. The predicted octanol–water partition coefficient (Wildman–Crippen LogP) is 2.26. The topological polar surface area (TPSA) is 84.9 Å². The van der Waals surface area contributed by atoms with E-state index in [0.29, 0.717) is 17.0 Å². The third-order valence-electron chi connectivity index (χ3n) is 3.78. The van der Waals surface area contributed by atoms with Gasteiger partial charge in [-0.05, 0) is 43.3 Å². The van der Waals surface area contributed by atoms with E-state index in [2.05, 4.69) is 10.1 Å². The van der Waals surface area contributed by atoms with Crippen molar-refractivity contribution in [3.8, 4) is 5.75 Å². The van der Waals surface area contributed by atoms with Crippen LogP contribution in [-0.4, -0.2) is 50.0 Å². The number of hydrogen-bond acceptors (Lipinski definition) is 5. The average molecular weight is 370 g/mol. The molecule has 0 fully saturated rings. The minimum atomic E-state index is -0.447. The molecule has 0 saturated heterocycles. The summed E-state index contributed by atoms with van der Waals surface area (Å²) in [6.07, 6.45) is 0. The van der Waals surface area contributed by atoms with Gasteiger partial charge in [0, 0.05) is 12.7 Å². The van der Waals surface area contributed by atoms with Crippen LogP contribution in [0.3, 0.4) is 0 Å². The van der Waals surface area contributed by atoms with Gasteiger partial charge < -0.3 is 19.7 Å². The zero-order valence-corrected chi connectivity index (χ0v) is 15.5. The fourth-order valence-electron chi connectivity index (χ4n) is 2.20. The number of likely N-dealkylation sites (N-methyl/N-ethyl adjacent to an activating group) is 1. The summed E-state index contributed by atoms with van der Waals surface area (Å²) < 4.78 is 10.0. The summed E-state index contributed by atoms with van der Waals surface area (Å²) in [5.41, 5.74) is 2.16. The largest absolute Gasteiger partial charge is 0.484 e. The average Bonchev–Trinajstić information content (AvgIpc) is 2.67. The van der Waals surface area contributed by atoms with E-state index < -0.39 is 5.97 Å². The lowest BCUT2D eigenvalue weighted by molar-refractivity contribution is -0.135. The van der Waals surface area contributed by atoms with E-state index in [0.717, 1.165) is 5.56 Å². The highest BCUT2D eigenvalue weighted by Gasteiger charge is 2.14. The van der Waals surface area contributed by atoms with E-state index in [1.54, 1.807) is 36.4 Å². The molecular formula is C20H22N2O5. The summed E-state index contributed by atoms with van der Waals surface area (Å²) in [5.74, 6) is -0.645. The molecule has 2 aromatic carbocycles. The second-order valence-electron chi connectivity index (χ2n) is 5.97. The third kappa shape index (κ3) is 6.14. The molecule has 0 spiro atoms. The van der Waals surface area contributed by atoms with E-state index in [1.165, 1.54) is 19.1 Å². The number of methoxy groups -OCH3 is 1. The molecule has 0 aliphatic rings. The number of ether oxygens (including phenoxy) is 2. The first-order valence-electron chi connectivity index (χ1n) is 8.30. The van der Waals surface area contributed by atoms with Crippen molar-refractivity contribution in [3.05, 3.63) is 59.7 Å². The number of carbonyl (C=O) groups excluding carboxylic acids is 3. The van der Waals surface area contributed by atoms with Crippen LogP contribution in [0.1, 0.15) is 15.9 Å². The Morgan fingerprint density at radius 1 is 1.00 bits per heavy atom. The number of nitrogens with one attached hydrogen (secondary N) is 1. The van der Waals surface area contributed by atoms with Crippen LogP contribution in [0.25, 0.3) is 0 Å². The molecule has 2 aromatic rings. The molecule has 0 aliphatic carbocycles. The second kappa shape index (κ2) is 9.38. The van der Waals surface area contributed by atoms with Crippen LogP contribution in [0.5, 0.6) is 5.75 Å². The van der Waals surface area contributed by atoms with Crippen molar-refractivity contribution in [1.82, 2.24) is 4.90 Å². The standard InChI is InChI=1S/C20H22N2O5/c1-14-4-8-16(9-5-14)21-18(23)12-22(2)19(24)13-27-17-10-6-15(7-11-17)20(25)26-3/h4-11H,12-13H2,1-3H3,(H,21,23). The Balaban J connectivity index is 1.80. The second-order valence-corrected chi connectivity index (χ2v) is 5.97. The van der Waals surface area contributed by atoms with Crippen LogP contribution in [-0.2, 0) is 14.3 Å². The number of nitrogens with zero attached hydrogens (tertiary/aromatic N) is 1. The van der Waals surface area contributed by atoms with Crippen molar-refractivity contribution >= 4 is 23.5 Å². The molecule has 0 unspecified atom stereocenters. The van der Waals surface area contributed by atoms with Crippen molar-refractivity contribution in [2.45, 2.75) is 6.92 Å².